The third-order valence-corrected chi connectivity index (χ3v) is 5.34. The fraction of sp³-hybridized carbons (Fsp3) is 0. The molecule has 0 unspecified atom stereocenters. The summed E-state index contributed by atoms with van der Waals surface area (Å²) in [5, 5.41) is 1.16. The molecule has 2 heterocycles. The monoisotopic (exact) mass is 358 g/mol. The molecule has 3 aromatic rings. The lowest BCUT2D eigenvalue weighted by Gasteiger charge is -2.02. The van der Waals surface area contributed by atoms with Crippen molar-refractivity contribution in [2.75, 3.05) is 0 Å². The van der Waals surface area contributed by atoms with Gasteiger partial charge >= 0.3 is 0 Å². The summed E-state index contributed by atoms with van der Waals surface area (Å²) in [7, 11) is 0. The zero-order valence-electron chi connectivity index (χ0n) is 8.82. The zero-order chi connectivity index (χ0) is 12.7. The van der Waals surface area contributed by atoms with Crippen LogP contribution in [0.15, 0.2) is 35.1 Å². The molecule has 6 heteroatoms. The van der Waals surface area contributed by atoms with Crippen molar-refractivity contribution in [3.63, 3.8) is 0 Å². The molecule has 0 aliphatic carbocycles. The summed E-state index contributed by atoms with van der Waals surface area (Å²) >= 11 is 17.3. The Labute approximate surface area is 126 Å². The number of halogens is 3. The second-order valence-corrected chi connectivity index (χ2v) is 6.23. The Morgan fingerprint density at radius 3 is 2.78 bits per heavy atom. The van der Waals surface area contributed by atoms with Crippen LogP contribution in [0.4, 0.5) is 0 Å². The number of fused-ring (bicyclic) bond motifs is 1. The molecule has 0 saturated carbocycles. The number of hydrogen-bond donors (Lipinski definition) is 0. The minimum atomic E-state index is 0.474. The molecule has 0 fully saturated rings. The number of thiophene rings is 1. The molecule has 0 spiro atoms. The first-order valence-corrected chi connectivity index (χ1v) is 7.38. The third kappa shape index (κ3) is 2.03. The van der Waals surface area contributed by atoms with E-state index in [-0.39, 0.29) is 0 Å². The van der Waals surface area contributed by atoms with Gasteiger partial charge in [0.25, 0.3) is 0 Å². The largest absolute Gasteiger partial charge is 0.235 e. The zero-order valence-corrected chi connectivity index (χ0v) is 12.7. The molecule has 0 saturated heterocycles. The molecule has 2 nitrogen and oxygen atoms in total. The molecule has 0 atom stereocenters. The van der Waals surface area contributed by atoms with Gasteiger partial charge in [0.1, 0.15) is 11.5 Å². The topological polar surface area (TPSA) is 25.8 Å². The van der Waals surface area contributed by atoms with E-state index in [2.05, 4.69) is 25.9 Å². The van der Waals surface area contributed by atoms with E-state index >= 15 is 0 Å². The summed E-state index contributed by atoms with van der Waals surface area (Å²) in [4.78, 5) is 9.20. The minimum absolute atomic E-state index is 0.474. The molecule has 1 aromatic carbocycles. The smallest absolute Gasteiger partial charge is 0.150 e. The predicted molar refractivity (Wildman–Crippen MR) is 80.6 cm³/mol. The van der Waals surface area contributed by atoms with Gasteiger partial charge in [0, 0.05) is 14.9 Å². The second-order valence-electron chi connectivity index (χ2n) is 3.59. The quantitative estimate of drug-likeness (QED) is 0.541. The van der Waals surface area contributed by atoms with E-state index in [0.717, 1.165) is 25.1 Å². The number of benzene rings is 1. The van der Waals surface area contributed by atoms with Gasteiger partial charge < -0.3 is 0 Å². The van der Waals surface area contributed by atoms with Crippen molar-refractivity contribution < 1.29 is 0 Å². The van der Waals surface area contributed by atoms with Crippen LogP contribution in [0.25, 0.3) is 20.7 Å². The molecule has 0 amide bonds. The summed E-state index contributed by atoms with van der Waals surface area (Å²) in [5.41, 5.74) is 1.80. The first-order chi connectivity index (χ1) is 8.66. The van der Waals surface area contributed by atoms with Crippen LogP contribution in [0.3, 0.4) is 0 Å². The molecule has 18 heavy (non-hydrogen) atoms. The fourth-order valence-corrected chi connectivity index (χ4v) is 3.58. The Hall–Kier alpha value is -0.680. The van der Waals surface area contributed by atoms with Crippen molar-refractivity contribution in [2.45, 2.75) is 0 Å². The van der Waals surface area contributed by atoms with E-state index in [4.69, 9.17) is 23.2 Å². The lowest BCUT2D eigenvalue weighted by Crippen LogP contribution is -1.77. The summed E-state index contributed by atoms with van der Waals surface area (Å²) in [6.07, 6.45) is 1.46. The van der Waals surface area contributed by atoms with Crippen LogP contribution >= 0.6 is 50.5 Å². The van der Waals surface area contributed by atoms with E-state index in [9.17, 15) is 0 Å². The Morgan fingerprint density at radius 1 is 1.17 bits per heavy atom. The summed E-state index contributed by atoms with van der Waals surface area (Å²) < 4.78 is 1.75. The second kappa shape index (κ2) is 4.78. The Balaban J connectivity index is 2.26. The third-order valence-electron chi connectivity index (χ3n) is 2.48. The number of hydrogen-bond acceptors (Lipinski definition) is 3. The van der Waals surface area contributed by atoms with Crippen LogP contribution in [-0.2, 0) is 0 Å². The molecule has 0 radical (unpaired) electrons. The summed E-state index contributed by atoms with van der Waals surface area (Å²) in [6.45, 7) is 0. The Morgan fingerprint density at radius 2 is 2.00 bits per heavy atom. The summed E-state index contributed by atoms with van der Waals surface area (Å²) in [6, 6.07) is 7.80. The van der Waals surface area contributed by atoms with Gasteiger partial charge in [0.05, 0.1) is 15.2 Å². The molecular formula is C12H5BrCl2N2S. The molecule has 90 valence electrons. The van der Waals surface area contributed by atoms with E-state index in [1.165, 1.54) is 17.7 Å². The van der Waals surface area contributed by atoms with Crippen LogP contribution < -0.4 is 0 Å². The van der Waals surface area contributed by atoms with Gasteiger partial charge in [0.15, 0.2) is 0 Å². The van der Waals surface area contributed by atoms with E-state index in [1.807, 2.05) is 24.3 Å². The number of rotatable bonds is 1. The van der Waals surface area contributed by atoms with Gasteiger partial charge in [-0.25, -0.2) is 9.97 Å². The standard InChI is InChI=1S/C12H5BrCl2N2S/c13-7-3-1-2-6(10(7)14)9-4-8-11(18-9)12(15)17-5-16-8/h1-5H. The van der Waals surface area contributed by atoms with E-state index in [0.29, 0.717) is 10.2 Å². The molecule has 0 N–H and O–H groups in total. The lowest BCUT2D eigenvalue weighted by molar-refractivity contribution is 1.23. The van der Waals surface area contributed by atoms with Gasteiger partial charge in [0.2, 0.25) is 0 Å². The van der Waals surface area contributed by atoms with Crippen molar-refractivity contribution in [2.24, 2.45) is 0 Å². The van der Waals surface area contributed by atoms with Crippen molar-refractivity contribution in [3.8, 4) is 10.4 Å². The van der Waals surface area contributed by atoms with Gasteiger partial charge in [-0.2, -0.15) is 0 Å². The van der Waals surface area contributed by atoms with Crippen LogP contribution in [-0.4, -0.2) is 9.97 Å². The predicted octanol–water partition coefficient (Wildman–Crippen LogP) is 5.43. The molecule has 0 bridgehead atoms. The van der Waals surface area contributed by atoms with Crippen molar-refractivity contribution in [3.05, 3.63) is 45.2 Å². The molecular weight excluding hydrogens is 355 g/mol. The highest BCUT2D eigenvalue weighted by Gasteiger charge is 2.12. The van der Waals surface area contributed by atoms with Crippen molar-refractivity contribution in [1.29, 1.82) is 0 Å². The number of aromatic nitrogens is 2. The highest BCUT2D eigenvalue weighted by atomic mass is 79.9. The molecule has 0 aliphatic rings. The molecule has 0 aliphatic heterocycles. The summed E-state index contributed by atoms with van der Waals surface area (Å²) in [5.74, 6) is 0. The van der Waals surface area contributed by atoms with Gasteiger partial charge in [-0.3, -0.25) is 0 Å². The van der Waals surface area contributed by atoms with Crippen molar-refractivity contribution >= 4 is 60.7 Å². The van der Waals surface area contributed by atoms with Gasteiger partial charge in [-0.05, 0) is 28.1 Å². The minimum Gasteiger partial charge on any atom is -0.235 e. The Kier molecular flexibility index (Phi) is 3.28. The van der Waals surface area contributed by atoms with Crippen LogP contribution in [0.1, 0.15) is 0 Å². The fourth-order valence-electron chi connectivity index (χ4n) is 1.65. The maximum Gasteiger partial charge on any atom is 0.150 e. The van der Waals surface area contributed by atoms with Gasteiger partial charge in [-0.1, -0.05) is 35.3 Å². The van der Waals surface area contributed by atoms with Crippen LogP contribution in [0, 0.1) is 0 Å². The normalized spacial score (nSPS) is 11.1. The van der Waals surface area contributed by atoms with E-state index in [1.54, 1.807) is 0 Å². The average Bonchev–Trinajstić information content (AvgIpc) is 2.78. The maximum absolute atomic E-state index is 6.29. The molecule has 3 rings (SSSR count). The van der Waals surface area contributed by atoms with Crippen LogP contribution in [0.5, 0.6) is 0 Å². The first-order valence-electron chi connectivity index (χ1n) is 5.01. The highest BCUT2D eigenvalue weighted by molar-refractivity contribution is 9.10. The van der Waals surface area contributed by atoms with Gasteiger partial charge in [-0.15, -0.1) is 11.3 Å². The Bertz CT molecular complexity index is 742. The molecule has 2 aromatic heterocycles. The highest BCUT2D eigenvalue weighted by Crippen LogP contribution is 2.40. The maximum atomic E-state index is 6.29. The first kappa shape index (κ1) is 12.4. The number of nitrogens with zero attached hydrogens (tertiary/aromatic N) is 2. The van der Waals surface area contributed by atoms with E-state index < -0.39 is 0 Å². The lowest BCUT2D eigenvalue weighted by atomic mass is 10.2. The van der Waals surface area contributed by atoms with Crippen LogP contribution in [0.2, 0.25) is 10.2 Å². The average molecular weight is 360 g/mol. The SMILES string of the molecule is Clc1c(Br)cccc1-c1cc2ncnc(Cl)c2s1. The van der Waals surface area contributed by atoms with Crippen molar-refractivity contribution in [1.82, 2.24) is 9.97 Å².